The van der Waals surface area contributed by atoms with Gasteiger partial charge in [-0.1, -0.05) is 33.3 Å². The third-order valence-corrected chi connectivity index (χ3v) is 9.43. The number of halogens is 2. The van der Waals surface area contributed by atoms with Crippen molar-refractivity contribution in [2.24, 2.45) is 34.5 Å². The number of unbranched alkanes of at least 4 members (excludes halogenated alkanes) is 1. The van der Waals surface area contributed by atoms with Crippen LogP contribution < -0.4 is 6.15 Å². The predicted octanol–water partition coefficient (Wildman–Crippen LogP) is 4.63. The van der Waals surface area contributed by atoms with E-state index in [9.17, 15) is 19.5 Å². The van der Waals surface area contributed by atoms with E-state index >= 15 is 8.78 Å². The van der Waals surface area contributed by atoms with Crippen LogP contribution in [0.1, 0.15) is 66.2 Å². The molecule has 0 heterocycles. The van der Waals surface area contributed by atoms with Crippen molar-refractivity contribution in [3.8, 4) is 0 Å². The Morgan fingerprint density at radius 1 is 1.23 bits per heavy atom. The first-order chi connectivity index (χ1) is 15.9. The summed E-state index contributed by atoms with van der Waals surface area (Å²) in [5.74, 6) is -2.75. The molecule has 4 rings (SSSR count). The van der Waals surface area contributed by atoms with Crippen LogP contribution in [0.25, 0.3) is 0 Å². The van der Waals surface area contributed by atoms with E-state index in [0.29, 0.717) is 12.8 Å². The van der Waals surface area contributed by atoms with Crippen LogP contribution in [0.2, 0.25) is 0 Å². The fourth-order valence-corrected chi connectivity index (χ4v) is 7.89. The Morgan fingerprint density at radius 2 is 1.91 bits per heavy atom. The van der Waals surface area contributed by atoms with Crippen LogP contribution in [-0.4, -0.2) is 47.2 Å². The molecule has 0 saturated heterocycles. The first-order valence-electron chi connectivity index (χ1n) is 12.5. The predicted molar refractivity (Wildman–Crippen MR) is 127 cm³/mol. The molecule has 0 radical (unpaired) electrons. The lowest BCUT2D eigenvalue weighted by atomic mass is 9.45. The van der Waals surface area contributed by atoms with E-state index in [2.05, 4.69) is 0 Å². The molecular formula is C27H39F2NO5. The Kier molecular flexibility index (Phi) is 7.51. The van der Waals surface area contributed by atoms with Gasteiger partial charge in [0, 0.05) is 23.7 Å². The molecule has 4 N–H and O–H groups in total. The summed E-state index contributed by atoms with van der Waals surface area (Å²) in [6.07, 6.45) is 3.20. The topological polar surface area (TPSA) is 116 Å². The number of hydrogen-bond donors (Lipinski definition) is 2. The van der Waals surface area contributed by atoms with Crippen LogP contribution in [-0.2, 0) is 19.1 Å². The smallest absolute Gasteiger partial charge is 0.306 e. The van der Waals surface area contributed by atoms with Gasteiger partial charge in [-0.25, -0.2) is 8.78 Å². The minimum absolute atomic E-state index is 0. The van der Waals surface area contributed by atoms with Gasteiger partial charge in [0.25, 0.3) is 0 Å². The van der Waals surface area contributed by atoms with Gasteiger partial charge in [0.05, 0.1) is 6.10 Å². The maximum absolute atomic E-state index is 17.1. The van der Waals surface area contributed by atoms with Crippen LogP contribution in [0.3, 0.4) is 0 Å². The molecule has 3 saturated carbocycles. The molecule has 9 atom stereocenters. The summed E-state index contributed by atoms with van der Waals surface area (Å²) in [5, 5.41) is 11.3. The summed E-state index contributed by atoms with van der Waals surface area (Å²) in [6, 6.07) is 0. The van der Waals surface area contributed by atoms with Crippen LogP contribution in [0, 0.1) is 34.5 Å². The number of hydrogen-bond acceptors (Lipinski definition) is 6. The first-order valence-corrected chi connectivity index (χ1v) is 12.5. The Hall–Kier alpha value is -1.93. The summed E-state index contributed by atoms with van der Waals surface area (Å²) in [5.41, 5.74) is -4.21. The number of rotatable bonds is 6. The number of allylic oxidation sites excluding steroid dienone is 4. The third kappa shape index (κ3) is 4.01. The molecule has 0 spiro atoms. The van der Waals surface area contributed by atoms with Gasteiger partial charge >= 0.3 is 5.97 Å². The summed E-state index contributed by atoms with van der Waals surface area (Å²) >= 11 is 0. The molecule has 0 aliphatic heterocycles. The van der Waals surface area contributed by atoms with Crippen molar-refractivity contribution in [3.05, 3.63) is 23.8 Å². The van der Waals surface area contributed by atoms with Gasteiger partial charge in [-0.15, -0.1) is 0 Å². The summed E-state index contributed by atoms with van der Waals surface area (Å²) in [4.78, 5) is 37.1. The molecule has 3 fully saturated rings. The quantitative estimate of drug-likeness (QED) is 0.519. The average molecular weight is 496 g/mol. The number of Topliss-reactive ketones (excluding diaryl/α,β-unsaturated/α-hetero) is 1. The van der Waals surface area contributed by atoms with Crippen LogP contribution in [0.15, 0.2) is 23.8 Å². The number of ketones is 2. The molecule has 0 aromatic heterocycles. The second-order valence-electron chi connectivity index (χ2n) is 11.4. The molecular weight excluding hydrogens is 456 g/mol. The second-order valence-corrected chi connectivity index (χ2v) is 11.4. The zero-order valence-corrected chi connectivity index (χ0v) is 21.2. The van der Waals surface area contributed by atoms with Crippen LogP contribution in [0.5, 0.6) is 0 Å². The summed E-state index contributed by atoms with van der Waals surface area (Å²) in [7, 11) is 0. The molecule has 0 bridgehead atoms. The Bertz CT molecular complexity index is 950. The fourth-order valence-electron chi connectivity index (χ4n) is 7.89. The number of ether oxygens (including phenoxy) is 1. The molecule has 6 nitrogen and oxygen atoms in total. The summed E-state index contributed by atoms with van der Waals surface area (Å²) < 4.78 is 37.7. The minimum Gasteiger partial charge on any atom is -0.458 e. The molecule has 196 valence electrons. The number of esters is 1. The average Bonchev–Trinajstić information content (AvgIpc) is 3.03. The second kappa shape index (κ2) is 9.51. The van der Waals surface area contributed by atoms with Crippen LogP contribution in [0.4, 0.5) is 8.78 Å². The zero-order chi connectivity index (χ0) is 25.1. The number of fused-ring (bicyclic) bond motifs is 5. The maximum atomic E-state index is 17.1. The van der Waals surface area contributed by atoms with E-state index in [1.54, 1.807) is 6.92 Å². The van der Waals surface area contributed by atoms with E-state index in [-0.39, 0.29) is 61.0 Å². The van der Waals surface area contributed by atoms with Crippen molar-refractivity contribution in [2.75, 3.05) is 6.61 Å². The van der Waals surface area contributed by atoms with Gasteiger partial charge < -0.3 is 16.0 Å². The lowest BCUT2D eigenvalue weighted by molar-refractivity contribution is -0.202. The highest BCUT2D eigenvalue weighted by atomic mass is 19.1. The Labute approximate surface area is 206 Å². The SMILES string of the molecule is CCCCC(=O)OCC(=O)[C@H]1[C@H](C)C[C@H]2[C@@H]3C[C@H](F)C4=CC(=O)C=C[C@]4(C)[C@@]3(F)[C@@H](O)C[C@@]21C.N. The normalized spacial score (nSPS) is 43.9. The van der Waals surface area contributed by atoms with Crippen molar-refractivity contribution in [3.63, 3.8) is 0 Å². The highest BCUT2D eigenvalue weighted by Gasteiger charge is 2.73. The Balaban J connectivity index is 0.00000342. The molecule has 8 heteroatoms. The van der Waals surface area contributed by atoms with E-state index in [0.717, 1.165) is 6.42 Å². The van der Waals surface area contributed by atoms with E-state index in [1.807, 2.05) is 20.8 Å². The van der Waals surface area contributed by atoms with Crippen molar-refractivity contribution in [1.29, 1.82) is 0 Å². The largest absolute Gasteiger partial charge is 0.458 e. The van der Waals surface area contributed by atoms with Crippen molar-refractivity contribution in [1.82, 2.24) is 6.15 Å². The van der Waals surface area contributed by atoms with Gasteiger partial charge in [0.2, 0.25) is 0 Å². The highest BCUT2D eigenvalue weighted by Crippen LogP contribution is 2.70. The standard InChI is InChI=1S/C27H36F2O5.H3N/c1-5-6-7-23(33)34-14-21(31)24-15(2)10-17-18-12-20(28)19-11-16(30)8-9-26(19,4)27(18,29)22(32)13-25(17,24)3;/h8-9,11,15,17-18,20,22,24,32H,5-7,10,12-14H2,1-4H3;1H3/t15-,17+,18+,20+,22+,24-,25+,26+,27+;/m1./s1. The molecule has 35 heavy (non-hydrogen) atoms. The van der Waals surface area contributed by atoms with Gasteiger partial charge in [-0.2, -0.15) is 0 Å². The fraction of sp³-hybridized carbons (Fsp3) is 0.741. The van der Waals surface area contributed by atoms with Crippen molar-refractivity contribution >= 4 is 17.5 Å². The molecule has 0 amide bonds. The van der Waals surface area contributed by atoms with E-state index < -0.39 is 46.6 Å². The van der Waals surface area contributed by atoms with Gasteiger partial charge in [0.15, 0.2) is 17.2 Å². The number of carbonyl (C=O) groups is 3. The number of aliphatic hydroxyl groups is 1. The Morgan fingerprint density at radius 3 is 2.57 bits per heavy atom. The van der Waals surface area contributed by atoms with Gasteiger partial charge in [0.1, 0.15) is 12.8 Å². The van der Waals surface area contributed by atoms with E-state index in [1.165, 1.54) is 18.2 Å². The number of aliphatic hydroxyl groups excluding tert-OH is 1. The zero-order valence-electron chi connectivity index (χ0n) is 21.2. The van der Waals surface area contributed by atoms with Crippen LogP contribution >= 0.6 is 0 Å². The van der Waals surface area contributed by atoms with Gasteiger partial charge in [-0.3, -0.25) is 14.4 Å². The van der Waals surface area contributed by atoms with Crippen molar-refractivity contribution < 1.29 is 33.0 Å². The number of alkyl halides is 2. The monoisotopic (exact) mass is 495 g/mol. The van der Waals surface area contributed by atoms with Crippen molar-refractivity contribution in [2.45, 2.75) is 84.2 Å². The molecule has 4 aliphatic carbocycles. The van der Waals surface area contributed by atoms with E-state index in [4.69, 9.17) is 4.74 Å². The minimum atomic E-state index is -2.15. The highest BCUT2D eigenvalue weighted by molar-refractivity contribution is 6.01. The molecule has 0 aromatic carbocycles. The van der Waals surface area contributed by atoms with Gasteiger partial charge in [-0.05, 0) is 67.6 Å². The lowest BCUT2D eigenvalue weighted by Gasteiger charge is -2.62. The molecule has 0 unspecified atom stereocenters. The lowest BCUT2D eigenvalue weighted by Crippen LogP contribution is -2.68. The molecule has 4 aliphatic rings. The maximum Gasteiger partial charge on any atom is 0.306 e. The summed E-state index contributed by atoms with van der Waals surface area (Å²) in [6.45, 7) is 7.03. The third-order valence-electron chi connectivity index (χ3n) is 9.43. The number of carbonyl (C=O) groups excluding carboxylic acids is 3. The first kappa shape index (κ1) is 27.7. The molecule has 0 aromatic rings.